The summed E-state index contributed by atoms with van der Waals surface area (Å²) in [5, 5.41) is 2.32. The first-order valence-corrected chi connectivity index (χ1v) is 6.48. The maximum absolute atomic E-state index is 12.8. The topological polar surface area (TPSA) is 85.3 Å². The molecule has 0 aliphatic rings. The first-order valence-electron chi connectivity index (χ1n) is 6.48. The van der Waals surface area contributed by atoms with Crippen molar-refractivity contribution in [3.05, 3.63) is 59.5 Å². The number of primary amides is 1. The fourth-order valence-corrected chi connectivity index (χ4v) is 1.98. The Morgan fingerprint density at radius 1 is 1.13 bits per heavy atom. The van der Waals surface area contributed by atoms with Crippen molar-refractivity contribution in [1.29, 1.82) is 0 Å². The van der Waals surface area contributed by atoms with Crippen molar-refractivity contribution in [2.24, 2.45) is 5.73 Å². The van der Waals surface area contributed by atoms with Crippen molar-refractivity contribution in [2.45, 2.75) is 18.6 Å². The Bertz CT molecular complexity index is 726. The van der Waals surface area contributed by atoms with Gasteiger partial charge in [0.25, 0.3) is 5.91 Å². The number of alkyl halides is 3. The highest BCUT2D eigenvalue weighted by Gasteiger charge is 2.38. The van der Waals surface area contributed by atoms with Crippen LogP contribution >= 0.6 is 0 Å². The molecule has 8 heteroatoms. The lowest BCUT2D eigenvalue weighted by molar-refractivity contribution is -0.137. The van der Waals surface area contributed by atoms with Gasteiger partial charge in [-0.3, -0.25) is 9.59 Å². The van der Waals surface area contributed by atoms with Crippen LogP contribution in [0.3, 0.4) is 0 Å². The summed E-state index contributed by atoms with van der Waals surface area (Å²) >= 11 is 0. The van der Waals surface area contributed by atoms with Gasteiger partial charge < -0.3 is 15.5 Å². The quantitative estimate of drug-likeness (QED) is 0.905. The van der Waals surface area contributed by atoms with Crippen LogP contribution in [0.2, 0.25) is 0 Å². The van der Waals surface area contributed by atoms with Crippen molar-refractivity contribution in [3.63, 3.8) is 0 Å². The summed E-state index contributed by atoms with van der Waals surface area (Å²) in [5.74, 6) is -1.87. The Kier molecular flexibility index (Phi) is 4.18. The average molecular weight is 326 g/mol. The van der Waals surface area contributed by atoms with Crippen LogP contribution in [0, 0.1) is 0 Å². The monoisotopic (exact) mass is 326 g/mol. The minimum atomic E-state index is -4.58. The van der Waals surface area contributed by atoms with Crippen LogP contribution < -0.4 is 11.1 Å². The van der Waals surface area contributed by atoms with E-state index in [0.717, 1.165) is 18.2 Å². The van der Waals surface area contributed by atoms with Crippen LogP contribution in [0.4, 0.5) is 13.2 Å². The van der Waals surface area contributed by atoms with Crippen molar-refractivity contribution < 1.29 is 27.2 Å². The summed E-state index contributed by atoms with van der Waals surface area (Å²) in [7, 11) is 0. The van der Waals surface area contributed by atoms with E-state index in [-0.39, 0.29) is 11.3 Å². The number of hydrogen-bond acceptors (Lipinski definition) is 3. The van der Waals surface area contributed by atoms with Crippen LogP contribution in [-0.2, 0) is 16.5 Å². The van der Waals surface area contributed by atoms with Crippen molar-refractivity contribution >= 4 is 11.8 Å². The molecule has 0 spiro atoms. The van der Waals surface area contributed by atoms with Gasteiger partial charge in [-0.15, -0.1) is 0 Å². The molecule has 1 aromatic heterocycles. The summed E-state index contributed by atoms with van der Waals surface area (Å²) in [6, 6.07) is 6.86. The number of amides is 2. The smallest absolute Gasteiger partial charge is 0.416 e. The third-order valence-corrected chi connectivity index (χ3v) is 3.37. The third kappa shape index (κ3) is 3.36. The average Bonchev–Trinajstić information content (AvgIpc) is 3.00. The second-order valence-electron chi connectivity index (χ2n) is 5.00. The van der Waals surface area contributed by atoms with E-state index >= 15 is 0 Å². The van der Waals surface area contributed by atoms with Gasteiger partial charge in [0.15, 0.2) is 5.76 Å². The summed E-state index contributed by atoms with van der Waals surface area (Å²) in [5.41, 5.74) is 2.44. The zero-order chi connectivity index (χ0) is 17.3. The van der Waals surface area contributed by atoms with E-state index in [1.807, 2.05) is 0 Å². The molecule has 0 aliphatic carbocycles. The Hall–Kier alpha value is -2.77. The Morgan fingerprint density at radius 3 is 2.30 bits per heavy atom. The molecule has 1 heterocycles. The van der Waals surface area contributed by atoms with Crippen LogP contribution in [0.15, 0.2) is 47.1 Å². The molecule has 2 amide bonds. The second kappa shape index (κ2) is 5.79. The maximum atomic E-state index is 12.8. The molecular formula is C15H13F3N2O3. The van der Waals surface area contributed by atoms with E-state index in [9.17, 15) is 22.8 Å². The highest BCUT2D eigenvalue weighted by molar-refractivity contribution is 5.97. The molecule has 1 atom stereocenters. The van der Waals surface area contributed by atoms with E-state index < -0.39 is 29.1 Å². The molecular weight excluding hydrogens is 313 g/mol. The van der Waals surface area contributed by atoms with Gasteiger partial charge in [-0.2, -0.15) is 13.2 Å². The van der Waals surface area contributed by atoms with Gasteiger partial charge in [-0.1, -0.05) is 12.1 Å². The summed E-state index contributed by atoms with van der Waals surface area (Å²) in [6.07, 6.45) is -3.33. The van der Waals surface area contributed by atoms with Gasteiger partial charge in [0.1, 0.15) is 5.54 Å². The molecule has 0 bridgehead atoms. The number of carbonyl (C=O) groups excluding carboxylic acids is 2. The van der Waals surface area contributed by atoms with E-state index in [4.69, 9.17) is 10.2 Å². The summed E-state index contributed by atoms with van der Waals surface area (Å²) in [6.45, 7) is 1.23. The lowest BCUT2D eigenvalue weighted by Crippen LogP contribution is -2.52. The van der Waals surface area contributed by atoms with Crippen molar-refractivity contribution in [2.75, 3.05) is 0 Å². The fraction of sp³-hybridized carbons (Fsp3) is 0.200. The molecule has 23 heavy (non-hydrogen) atoms. The number of halogens is 3. The van der Waals surface area contributed by atoms with Crippen molar-refractivity contribution in [3.8, 4) is 0 Å². The summed E-state index contributed by atoms with van der Waals surface area (Å²) in [4.78, 5) is 23.8. The molecule has 0 saturated carbocycles. The second-order valence-corrected chi connectivity index (χ2v) is 5.00. The molecule has 1 unspecified atom stereocenters. The number of hydrogen-bond donors (Lipinski definition) is 2. The lowest BCUT2D eigenvalue weighted by atomic mass is 9.89. The van der Waals surface area contributed by atoms with E-state index in [0.29, 0.717) is 0 Å². The van der Waals surface area contributed by atoms with E-state index in [2.05, 4.69) is 5.32 Å². The van der Waals surface area contributed by atoms with Gasteiger partial charge in [0, 0.05) is 0 Å². The molecule has 122 valence electrons. The molecule has 2 rings (SSSR count). The third-order valence-electron chi connectivity index (χ3n) is 3.37. The van der Waals surface area contributed by atoms with Crippen molar-refractivity contribution in [1.82, 2.24) is 5.32 Å². The lowest BCUT2D eigenvalue weighted by Gasteiger charge is -2.28. The molecule has 0 aliphatic heterocycles. The van der Waals surface area contributed by atoms with Gasteiger partial charge in [0.2, 0.25) is 5.91 Å². The highest BCUT2D eigenvalue weighted by Crippen LogP contribution is 2.32. The molecule has 2 aromatic rings. The largest absolute Gasteiger partial charge is 0.459 e. The van der Waals surface area contributed by atoms with Gasteiger partial charge >= 0.3 is 6.18 Å². The molecule has 0 fully saturated rings. The highest BCUT2D eigenvalue weighted by atomic mass is 19.4. The minimum absolute atomic E-state index is 0.0836. The fourth-order valence-electron chi connectivity index (χ4n) is 1.98. The maximum Gasteiger partial charge on any atom is 0.416 e. The normalized spacial score (nSPS) is 14.1. The van der Waals surface area contributed by atoms with Gasteiger partial charge in [0.05, 0.1) is 11.8 Å². The standard InChI is InChI=1S/C15H13F3N2O3/c1-14(13(19)22,20-12(21)11-6-3-7-23-11)9-4-2-5-10(8-9)15(16,17)18/h2-8H,1H3,(H2,19,22)(H,20,21). The first-order chi connectivity index (χ1) is 10.6. The number of nitrogens with one attached hydrogen (secondary N) is 1. The van der Waals surface area contributed by atoms with Gasteiger partial charge in [-0.05, 0) is 36.8 Å². The minimum Gasteiger partial charge on any atom is -0.459 e. The number of carbonyl (C=O) groups is 2. The van der Waals surface area contributed by atoms with Crippen LogP contribution in [0.5, 0.6) is 0 Å². The number of rotatable bonds is 4. The molecule has 0 radical (unpaired) electrons. The predicted octanol–water partition coefficient (Wildman–Crippen LogP) is 2.43. The first kappa shape index (κ1) is 16.6. The number of furan rings is 1. The van der Waals surface area contributed by atoms with Crippen LogP contribution in [0.1, 0.15) is 28.6 Å². The molecule has 0 saturated heterocycles. The Balaban J connectivity index is 2.41. The molecule has 3 N–H and O–H groups in total. The van der Waals surface area contributed by atoms with Gasteiger partial charge in [-0.25, -0.2) is 0 Å². The van der Waals surface area contributed by atoms with Crippen LogP contribution in [0.25, 0.3) is 0 Å². The zero-order valence-corrected chi connectivity index (χ0v) is 12.0. The number of benzene rings is 1. The SMILES string of the molecule is CC(NC(=O)c1ccco1)(C(N)=O)c1cccc(C(F)(F)F)c1. The predicted molar refractivity (Wildman–Crippen MR) is 74.2 cm³/mol. The molecule has 1 aromatic carbocycles. The summed E-state index contributed by atoms with van der Waals surface area (Å²) < 4.78 is 43.4. The van der Waals surface area contributed by atoms with E-state index in [1.165, 1.54) is 31.4 Å². The Labute approximate surface area is 129 Å². The van der Waals surface area contributed by atoms with E-state index in [1.54, 1.807) is 0 Å². The number of nitrogens with two attached hydrogens (primary N) is 1. The Morgan fingerprint density at radius 2 is 1.78 bits per heavy atom. The molecule has 5 nitrogen and oxygen atoms in total. The van der Waals surface area contributed by atoms with Crippen LogP contribution in [-0.4, -0.2) is 11.8 Å². The zero-order valence-electron chi connectivity index (χ0n) is 12.0.